The number of hydrogen-bond acceptors (Lipinski definition) is 4. The molecule has 1 aromatic carbocycles. The summed E-state index contributed by atoms with van der Waals surface area (Å²) in [6, 6.07) is 2.05. The van der Waals surface area contributed by atoms with Crippen molar-refractivity contribution >= 4 is 11.4 Å². The van der Waals surface area contributed by atoms with Crippen LogP contribution < -0.4 is 11.1 Å². The molecule has 0 saturated carbocycles. The SMILES string of the molecule is COCCC(C)(O)CNc1c(F)cc(N)cc1F. The molecule has 0 fully saturated rings. The second-order valence-corrected chi connectivity index (χ2v) is 4.45. The Kier molecular flexibility index (Phi) is 4.86. The first-order chi connectivity index (χ1) is 8.35. The summed E-state index contributed by atoms with van der Waals surface area (Å²) >= 11 is 0. The van der Waals surface area contributed by atoms with Gasteiger partial charge in [0.1, 0.15) is 5.69 Å². The van der Waals surface area contributed by atoms with Crippen molar-refractivity contribution in [1.29, 1.82) is 0 Å². The van der Waals surface area contributed by atoms with Crippen LogP contribution in [0.25, 0.3) is 0 Å². The molecule has 102 valence electrons. The van der Waals surface area contributed by atoms with Gasteiger partial charge in [0.15, 0.2) is 11.6 Å². The number of hydrogen-bond donors (Lipinski definition) is 3. The van der Waals surface area contributed by atoms with E-state index in [2.05, 4.69) is 5.32 Å². The van der Waals surface area contributed by atoms with E-state index in [1.807, 2.05) is 0 Å². The highest BCUT2D eigenvalue weighted by Gasteiger charge is 2.21. The molecule has 4 N–H and O–H groups in total. The van der Waals surface area contributed by atoms with Crippen molar-refractivity contribution in [1.82, 2.24) is 0 Å². The molecule has 0 radical (unpaired) electrons. The van der Waals surface area contributed by atoms with Gasteiger partial charge in [-0.15, -0.1) is 0 Å². The van der Waals surface area contributed by atoms with Crippen LogP contribution in [0.2, 0.25) is 0 Å². The molecule has 0 amide bonds. The summed E-state index contributed by atoms with van der Waals surface area (Å²) in [5.74, 6) is -1.56. The van der Waals surface area contributed by atoms with Gasteiger partial charge in [-0.05, 0) is 19.1 Å². The molecule has 1 rings (SSSR count). The van der Waals surface area contributed by atoms with E-state index < -0.39 is 17.2 Å². The largest absolute Gasteiger partial charge is 0.399 e. The topological polar surface area (TPSA) is 67.5 Å². The number of nitrogen functional groups attached to an aromatic ring is 1. The number of anilines is 2. The first-order valence-electron chi connectivity index (χ1n) is 5.55. The van der Waals surface area contributed by atoms with Gasteiger partial charge in [0.2, 0.25) is 0 Å². The van der Waals surface area contributed by atoms with Crippen LogP contribution in [0.3, 0.4) is 0 Å². The smallest absolute Gasteiger partial charge is 0.151 e. The van der Waals surface area contributed by atoms with Crippen molar-refractivity contribution in [2.45, 2.75) is 18.9 Å². The Balaban J connectivity index is 2.69. The van der Waals surface area contributed by atoms with Crippen LogP contribution in [0.15, 0.2) is 12.1 Å². The standard InChI is InChI=1S/C12H18F2N2O2/c1-12(17,3-4-18-2)7-16-11-9(13)5-8(15)6-10(11)14/h5-6,16-17H,3-4,7,15H2,1-2H3. The molecular weight excluding hydrogens is 242 g/mol. The number of methoxy groups -OCH3 is 1. The molecule has 0 aromatic heterocycles. The van der Waals surface area contributed by atoms with Crippen molar-refractivity contribution in [2.24, 2.45) is 0 Å². The van der Waals surface area contributed by atoms with Crippen LogP contribution in [0, 0.1) is 11.6 Å². The van der Waals surface area contributed by atoms with Gasteiger partial charge in [-0.3, -0.25) is 0 Å². The molecule has 1 unspecified atom stereocenters. The second-order valence-electron chi connectivity index (χ2n) is 4.45. The molecule has 0 aliphatic heterocycles. The highest BCUT2D eigenvalue weighted by molar-refractivity contribution is 5.54. The molecule has 1 atom stereocenters. The van der Waals surface area contributed by atoms with E-state index in [0.717, 1.165) is 12.1 Å². The van der Waals surface area contributed by atoms with Gasteiger partial charge in [-0.1, -0.05) is 0 Å². The Morgan fingerprint density at radius 1 is 1.39 bits per heavy atom. The Morgan fingerprint density at radius 3 is 2.44 bits per heavy atom. The summed E-state index contributed by atoms with van der Waals surface area (Å²) in [5, 5.41) is 12.5. The van der Waals surface area contributed by atoms with E-state index in [9.17, 15) is 13.9 Å². The Bertz CT molecular complexity index is 388. The normalized spacial score (nSPS) is 14.3. The van der Waals surface area contributed by atoms with Crippen molar-refractivity contribution in [2.75, 3.05) is 31.3 Å². The van der Waals surface area contributed by atoms with E-state index in [0.29, 0.717) is 13.0 Å². The van der Waals surface area contributed by atoms with Crippen LogP contribution >= 0.6 is 0 Å². The van der Waals surface area contributed by atoms with Gasteiger partial charge in [-0.25, -0.2) is 8.78 Å². The number of aliphatic hydroxyl groups is 1. The fourth-order valence-electron chi connectivity index (χ4n) is 1.45. The third-order valence-electron chi connectivity index (χ3n) is 2.56. The molecule has 0 spiro atoms. The lowest BCUT2D eigenvalue weighted by Crippen LogP contribution is -2.35. The lowest BCUT2D eigenvalue weighted by atomic mass is 10.0. The molecule has 0 aliphatic carbocycles. The quantitative estimate of drug-likeness (QED) is 0.682. The molecule has 6 heteroatoms. The zero-order valence-corrected chi connectivity index (χ0v) is 10.5. The Morgan fingerprint density at radius 2 is 1.94 bits per heavy atom. The predicted octanol–water partition coefficient (Wildman–Crippen LogP) is 1.75. The lowest BCUT2D eigenvalue weighted by molar-refractivity contribution is 0.0357. The third kappa shape index (κ3) is 4.12. The minimum Gasteiger partial charge on any atom is -0.399 e. The summed E-state index contributed by atoms with van der Waals surface area (Å²) in [7, 11) is 1.52. The average Bonchev–Trinajstić information content (AvgIpc) is 2.24. The number of rotatable bonds is 6. The molecular formula is C12H18F2N2O2. The van der Waals surface area contributed by atoms with E-state index in [1.165, 1.54) is 7.11 Å². The van der Waals surface area contributed by atoms with Gasteiger partial charge in [0, 0.05) is 32.4 Å². The number of nitrogens with two attached hydrogens (primary N) is 1. The van der Waals surface area contributed by atoms with Gasteiger partial charge < -0.3 is 20.9 Å². The summed E-state index contributed by atoms with van der Waals surface area (Å²) in [5.41, 5.74) is 3.91. The number of ether oxygens (including phenoxy) is 1. The molecule has 4 nitrogen and oxygen atoms in total. The fourth-order valence-corrected chi connectivity index (χ4v) is 1.45. The van der Waals surface area contributed by atoms with E-state index >= 15 is 0 Å². The number of nitrogens with one attached hydrogen (secondary N) is 1. The zero-order chi connectivity index (χ0) is 13.8. The van der Waals surface area contributed by atoms with Gasteiger partial charge in [0.25, 0.3) is 0 Å². The third-order valence-corrected chi connectivity index (χ3v) is 2.56. The van der Waals surface area contributed by atoms with Crippen molar-refractivity contribution < 1.29 is 18.6 Å². The van der Waals surface area contributed by atoms with Crippen LogP contribution in [0.5, 0.6) is 0 Å². The highest BCUT2D eigenvalue weighted by atomic mass is 19.1. The molecule has 0 saturated heterocycles. The number of halogens is 2. The van der Waals surface area contributed by atoms with Crippen molar-refractivity contribution in [3.05, 3.63) is 23.8 Å². The minimum atomic E-state index is -1.11. The average molecular weight is 260 g/mol. The Labute approximate surface area is 105 Å². The number of benzene rings is 1. The zero-order valence-electron chi connectivity index (χ0n) is 10.5. The maximum atomic E-state index is 13.4. The molecule has 0 bridgehead atoms. The molecule has 0 heterocycles. The first-order valence-corrected chi connectivity index (χ1v) is 5.55. The first kappa shape index (κ1) is 14.7. The minimum absolute atomic E-state index is 0.00805. The van der Waals surface area contributed by atoms with Crippen LogP contribution in [-0.2, 0) is 4.74 Å². The summed E-state index contributed by atoms with van der Waals surface area (Å²) in [6.07, 6.45) is 0.356. The van der Waals surface area contributed by atoms with E-state index in [4.69, 9.17) is 10.5 Å². The van der Waals surface area contributed by atoms with Crippen LogP contribution in [-0.4, -0.2) is 31.0 Å². The van der Waals surface area contributed by atoms with Crippen LogP contribution in [0.1, 0.15) is 13.3 Å². The van der Waals surface area contributed by atoms with E-state index in [1.54, 1.807) is 6.92 Å². The van der Waals surface area contributed by atoms with Gasteiger partial charge >= 0.3 is 0 Å². The molecule has 0 aliphatic rings. The molecule has 18 heavy (non-hydrogen) atoms. The lowest BCUT2D eigenvalue weighted by Gasteiger charge is -2.24. The van der Waals surface area contributed by atoms with E-state index in [-0.39, 0.29) is 17.9 Å². The van der Waals surface area contributed by atoms with Crippen molar-refractivity contribution in [3.8, 4) is 0 Å². The molecule has 1 aromatic rings. The summed E-state index contributed by atoms with van der Waals surface area (Å²) in [4.78, 5) is 0. The Hall–Kier alpha value is -1.40. The fraction of sp³-hybridized carbons (Fsp3) is 0.500. The highest BCUT2D eigenvalue weighted by Crippen LogP contribution is 2.23. The maximum absolute atomic E-state index is 13.4. The van der Waals surface area contributed by atoms with Crippen molar-refractivity contribution in [3.63, 3.8) is 0 Å². The second kappa shape index (κ2) is 5.97. The monoisotopic (exact) mass is 260 g/mol. The van der Waals surface area contributed by atoms with Crippen LogP contribution in [0.4, 0.5) is 20.2 Å². The predicted molar refractivity (Wildman–Crippen MR) is 66.4 cm³/mol. The summed E-state index contributed by atoms with van der Waals surface area (Å²) in [6.45, 7) is 1.93. The summed E-state index contributed by atoms with van der Waals surface area (Å²) < 4.78 is 31.7. The van der Waals surface area contributed by atoms with Gasteiger partial charge in [0.05, 0.1) is 5.60 Å². The maximum Gasteiger partial charge on any atom is 0.151 e. The van der Waals surface area contributed by atoms with Gasteiger partial charge in [-0.2, -0.15) is 0 Å².